The van der Waals surface area contributed by atoms with Gasteiger partial charge in [-0.2, -0.15) is 0 Å². The van der Waals surface area contributed by atoms with E-state index in [-0.39, 0.29) is 5.97 Å². The topological polar surface area (TPSA) is 54.5 Å². The summed E-state index contributed by atoms with van der Waals surface area (Å²) in [7, 11) is -1.10. The second-order valence-corrected chi connectivity index (χ2v) is 11.4. The number of nitrogens with zero attached hydrogens (tertiary/aromatic N) is 1. The first-order valence-corrected chi connectivity index (χ1v) is 13.4. The van der Waals surface area contributed by atoms with Gasteiger partial charge >= 0.3 is 5.97 Å². The third-order valence-corrected chi connectivity index (χ3v) is 10.0. The molecule has 0 spiro atoms. The lowest BCUT2D eigenvalue weighted by Crippen LogP contribution is -2.30. The van der Waals surface area contributed by atoms with Crippen molar-refractivity contribution in [3.05, 3.63) is 127 Å². The van der Waals surface area contributed by atoms with Gasteiger partial charge in [0.05, 0.1) is 14.2 Å². The summed E-state index contributed by atoms with van der Waals surface area (Å²) in [5, 5.41) is 4.40. The summed E-state index contributed by atoms with van der Waals surface area (Å²) in [5.41, 5.74) is 2.09. The molecule has 0 amide bonds. The quantitative estimate of drug-likeness (QED) is 0.251. The zero-order valence-corrected chi connectivity index (χ0v) is 20.4. The fourth-order valence-electron chi connectivity index (χ4n) is 4.60. The lowest BCUT2D eigenvalue weighted by atomic mass is 10.1. The molecule has 0 fully saturated rings. The number of esters is 1. The average molecular weight is 479 g/mol. The Hall–Kier alpha value is -3.88. The van der Waals surface area contributed by atoms with Gasteiger partial charge in [0.2, 0.25) is 0 Å². The van der Waals surface area contributed by atoms with Gasteiger partial charge in [-0.3, -0.25) is 4.74 Å². The summed E-state index contributed by atoms with van der Waals surface area (Å²) < 4.78 is 10.8. The van der Waals surface area contributed by atoms with E-state index < -0.39 is 13.1 Å². The van der Waals surface area contributed by atoms with E-state index in [1.54, 1.807) is 0 Å². The number of hydrogen-bond acceptors (Lipinski definition) is 3. The van der Waals surface area contributed by atoms with Crippen molar-refractivity contribution in [2.45, 2.75) is 12.5 Å². The van der Waals surface area contributed by atoms with Crippen LogP contribution < -0.4 is 15.9 Å². The largest absolute Gasteiger partial charge is 0.467 e. The fourth-order valence-corrected chi connectivity index (χ4v) is 8.30. The first kappa shape index (κ1) is 22.9. The van der Waals surface area contributed by atoms with Crippen LogP contribution in [0.25, 0.3) is 10.9 Å². The SMILES string of the molecule is COC(=O)[C@H](Cc1c[nH]c2ccccc12)N=P(c1ccccc1)(c1ccccc1)c1ccccc1. The van der Waals surface area contributed by atoms with Crippen LogP contribution in [0.2, 0.25) is 0 Å². The Labute approximate surface area is 205 Å². The molecule has 0 saturated heterocycles. The Kier molecular flexibility index (Phi) is 6.65. The molecule has 0 aliphatic carbocycles. The maximum atomic E-state index is 13.2. The van der Waals surface area contributed by atoms with Crippen molar-refractivity contribution >= 4 is 39.8 Å². The first-order valence-electron chi connectivity index (χ1n) is 11.6. The number of rotatable bonds is 7. The molecule has 0 unspecified atom stereocenters. The Morgan fingerprint density at radius 3 is 1.77 bits per heavy atom. The minimum atomic E-state index is -2.54. The second-order valence-electron chi connectivity index (χ2n) is 8.36. The van der Waals surface area contributed by atoms with Crippen molar-refractivity contribution in [2.75, 3.05) is 7.11 Å². The molecule has 1 atom stereocenters. The van der Waals surface area contributed by atoms with E-state index >= 15 is 0 Å². The highest BCUT2D eigenvalue weighted by Gasteiger charge is 2.31. The number of aromatic nitrogens is 1. The monoisotopic (exact) mass is 478 g/mol. The van der Waals surface area contributed by atoms with Crippen molar-refractivity contribution in [3.8, 4) is 0 Å². The molecule has 0 saturated carbocycles. The molecule has 4 aromatic carbocycles. The van der Waals surface area contributed by atoms with Crippen molar-refractivity contribution in [1.82, 2.24) is 4.98 Å². The van der Waals surface area contributed by atoms with Gasteiger partial charge in [-0.15, -0.1) is 0 Å². The van der Waals surface area contributed by atoms with Crippen LogP contribution in [0.1, 0.15) is 5.56 Å². The van der Waals surface area contributed by atoms with E-state index in [1.807, 2.05) is 79.0 Å². The van der Waals surface area contributed by atoms with E-state index in [0.717, 1.165) is 32.4 Å². The van der Waals surface area contributed by atoms with Gasteiger partial charge in [0.15, 0.2) is 6.04 Å². The zero-order chi connectivity index (χ0) is 24.1. The molecule has 1 heterocycles. The van der Waals surface area contributed by atoms with Gasteiger partial charge in [0.1, 0.15) is 0 Å². The minimum absolute atomic E-state index is 0.331. The molecule has 0 aliphatic heterocycles. The van der Waals surface area contributed by atoms with Crippen LogP contribution in [0.3, 0.4) is 0 Å². The molecule has 5 aromatic rings. The highest BCUT2D eigenvalue weighted by atomic mass is 31.2. The Morgan fingerprint density at radius 1 is 0.771 bits per heavy atom. The van der Waals surface area contributed by atoms with Crippen LogP contribution in [-0.4, -0.2) is 24.1 Å². The normalized spacial score (nSPS) is 12.3. The summed E-state index contributed by atoms with van der Waals surface area (Å²) >= 11 is 0. The van der Waals surface area contributed by atoms with Crippen molar-refractivity contribution in [1.29, 1.82) is 0 Å². The number of ether oxygens (including phenoxy) is 1. The highest BCUT2D eigenvalue weighted by Crippen LogP contribution is 2.47. The first-order chi connectivity index (χ1) is 17.2. The van der Waals surface area contributed by atoms with Gasteiger partial charge in [0, 0.05) is 39.4 Å². The Balaban J connectivity index is 1.79. The smallest absolute Gasteiger partial charge is 0.330 e. The number of benzene rings is 4. The van der Waals surface area contributed by atoms with E-state index in [2.05, 4.69) is 47.4 Å². The molecule has 0 radical (unpaired) electrons. The van der Waals surface area contributed by atoms with Gasteiger partial charge in [-0.25, -0.2) is 4.79 Å². The summed E-state index contributed by atoms with van der Waals surface area (Å²) in [6.45, 7) is 0. The predicted molar refractivity (Wildman–Crippen MR) is 145 cm³/mol. The number of carbonyl (C=O) groups excluding carboxylic acids is 1. The molecule has 5 rings (SSSR count). The average Bonchev–Trinajstić information content (AvgIpc) is 3.35. The molecule has 4 nitrogen and oxygen atoms in total. The lowest BCUT2D eigenvalue weighted by Gasteiger charge is -2.29. The van der Waals surface area contributed by atoms with Crippen LogP contribution >= 0.6 is 7.05 Å². The fraction of sp³-hybridized carbons (Fsp3) is 0.100. The van der Waals surface area contributed by atoms with Gasteiger partial charge in [0.25, 0.3) is 0 Å². The lowest BCUT2D eigenvalue weighted by molar-refractivity contribution is -0.141. The number of H-pyrrole nitrogens is 1. The standard InChI is InChI=1S/C30H27N2O2P/c1-34-30(33)29(21-23-22-31-28-20-12-11-19-27(23)28)32-35(24-13-5-2-6-14-24,25-15-7-3-8-16-25)26-17-9-4-10-18-26/h2-20,22,29,31H,21H2,1H3/t29-/m0/s1. The molecule has 1 N–H and O–H groups in total. The van der Waals surface area contributed by atoms with Crippen molar-refractivity contribution < 1.29 is 9.53 Å². The van der Waals surface area contributed by atoms with Gasteiger partial charge in [-0.1, -0.05) is 109 Å². The summed E-state index contributed by atoms with van der Waals surface area (Å²) in [4.78, 5) is 16.6. The highest BCUT2D eigenvalue weighted by molar-refractivity contribution is 7.87. The molecular weight excluding hydrogens is 451 g/mol. The van der Waals surface area contributed by atoms with Crippen molar-refractivity contribution in [3.63, 3.8) is 0 Å². The third-order valence-electron chi connectivity index (χ3n) is 6.26. The van der Waals surface area contributed by atoms with E-state index in [1.165, 1.54) is 7.11 Å². The summed E-state index contributed by atoms with van der Waals surface area (Å²) in [6, 6.07) is 38.5. The molecule has 5 heteroatoms. The van der Waals surface area contributed by atoms with Gasteiger partial charge < -0.3 is 9.72 Å². The van der Waals surface area contributed by atoms with Crippen LogP contribution in [0.4, 0.5) is 0 Å². The zero-order valence-electron chi connectivity index (χ0n) is 19.5. The molecule has 35 heavy (non-hydrogen) atoms. The molecular formula is C30H27N2O2P. The third kappa shape index (κ3) is 4.45. The van der Waals surface area contributed by atoms with E-state index in [0.29, 0.717) is 6.42 Å². The Morgan fingerprint density at radius 2 is 1.26 bits per heavy atom. The van der Waals surface area contributed by atoms with Crippen LogP contribution in [0, 0.1) is 0 Å². The number of methoxy groups -OCH3 is 1. The Bertz CT molecular complexity index is 1370. The van der Waals surface area contributed by atoms with Crippen LogP contribution in [-0.2, 0) is 16.0 Å². The van der Waals surface area contributed by atoms with Crippen LogP contribution in [0.5, 0.6) is 0 Å². The van der Waals surface area contributed by atoms with Crippen LogP contribution in [0.15, 0.2) is 126 Å². The molecule has 0 bridgehead atoms. The van der Waals surface area contributed by atoms with E-state index in [4.69, 9.17) is 9.48 Å². The number of carbonyl (C=O) groups is 1. The molecule has 0 aliphatic rings. The predicted octanol–water partition coefficient (Wildman–Crippen LogP) is 5.43. The number of hydrogen-bond donors (Lipinski definition) is 1. The summed E-state index contributed by atoms with van der Waals surface area (Å²) in [5.74, 6) is -0.331. The van der Waals surface area contributed by atoms with E-state index in [9.17, 15) is 4.79 Å². The molecule has 1 aromatic heterocycles. The second kappa shape index (κ2) is 10.2. The minimum Gasteiger partial charge on any atom is -0.467 e. The maximum absolute atomic E-state index is 13.2. The summed E-state index contributed by atoms with van der Waals surface area (Å²) in [6.07, 6.45) is 2.43. The van der Waals surface area contributed by atoms with Gasteiger partial charge in [-0.05, 0) is 11.6 Å². The maximum Gasteiger partial charge on any atom is 0.330 e. The number of aromatic amines is 1. The number of nitrogens with one attached hydrogen (secondary N) is 1. The number of para-hydroxylation sites is 1. The van der Waals surface area contributed by atoms with Crippen molar-refractivity contribution in [2.24, 2.45) is 4.74 Å². The molecule has 174 valence electrons. The number of fused-ring (bicyclic) bond motifs is 1.